The first kappa shape index (κ1) is 34.9. The zero-order chi connectivity index (χ0) is 31.3. The van der Waals surface area contributed by atoms with Crippen LogP contribution in [0.1, 0.15) is 39.3 Å². The van der Waals surface area contributed by atoms with Crippen LogP contribution in [-0.4, -0.2) is 55.2 Å². The van der Waals surface area contributed by atoms with Gasteiger partial charge in [0.1, 0.15) is 15.2 Å². The van der Waals surface area contributed by atoms with Crippen LogP contribution in [0.25, 0.3) is 0 Å². The number of nitrogens with zero attached hydrogens (tertiary/aromatic N) is 1. The molecule has 2 atom stereocenters. The third kappa shape index (κ3) is 6.60. The van der Waals surface area contributed by atoms with Gasteiger partial charge in [0.2, 0.25) is 10.0 Å². The topological polar surface area (TPSA) is 107 Å². The lowest BCUT2D eigenvalue weighted by molar-refractivity contribution is -0.175. The van der Waals surface area contributed by atoms with Gasteiger partial charge < -0.3 is 9.16 Å². The largest absolute Gasteiger partial charge is 0.465 e. The van der Waals surface area contributed by atoms with Gasteiger partial charge in [-0.2, -0.15) is 4.31 Å². The molecule has 0 amide bonds. The molecule has 1 aliphatic heterocycles. The molecule has 0 N–H and O–H groups in total. The summed E-state index contributed by atoms with van der Waals surface area (Å²) in [4.78, 5) is 13.0. The molecular formula is C25H30Cl5NO7S2Si. The minimum Gasteiger partial charge on any atom is -0.465 e. The van der Waals surface area contributed by atoms with Crippen molar-refractivity contribution in [2.75, 3.05) is 19.8 Å². The van der Waals surface area contributed by atoms with Crippen LogP contribution in [-0.2, 0) is 33.0 Å². The summed E-state index contributed by atoms with van der Waals surface area (Å²) >= 11 is 25.4. The molecular weight excluding hydrogens is 696 g/mol. The maximum absolute atomic E-state index is 14.0. The predicted octanol–water partition coefficient (Wildman–Crippen LogP) is 7.54. The van der Waals surface area contributed by atoms with E-state index in [-0.39, 0.29) is 43.8 Å². The van der Waals surface area contributed by atoms with Crippen molar-refractivity contribution in [3.8, 4) is 0 Å². The van der Waals surface area contributed by atoms with Gasteiger partial charge in [0.25, 0.3) is 9.05 Å². The number of halogens is 5. The molecule has 8 nitrogen and oxygen atoms in total. The highest BCUT2D eigenvalue weighted by Gasteiger charge is 2.65. The molecule has 228 valence electrons. The Morgan fingerprint density at radius 1 is 1.02 bits per heavy atom. The van der Waals surface area contributed by atoms with Gasteiger partial charge in [0.05, 0.1) is 29.3 Å². The van der Waals surface area contributed by atoms with E-state index in [4.69, 9.17) is 66.2 Å². The van der Waals surface area contributed by atoms with Gasteiger partial charge in [0.15, 0.2) is 8.32 Å². The summed E-state index contributed by atoms with van der Waals surface area (Å²) in [5.41, 5.74) is -1.79. The van der Waals surface area contributed by atoms with E-state index in [1.54, 1.807) is 6.92 Å². The van der Waals surface area contributed by atoms with Gasteiger partial charge in [-0.15, -0.1) is 0 Å². The Balaban J connectivity index is 2.34. The van der Waals surface area contributed by atoms with Crippen LogP contribution in [0.2, 0.25) is 38.2 Å². The molecule has 1 saturated heterocycles. The fraction of sp³-hybridized carbons (Fsp3) is 0.480. The molecule has 41 heavy (non-hydrogen) atoms. The number of benzene rings is 2. The van der Waals surface area contributed by atoms with Gasteiger partial charge in [0, 0.05) is 32.8 Å². The second-order valence-electron chi connectivity index (χ2n) is 11.2. The van der Waals surface area contributed by atoms with Crippen molar-refractivity contribution in [3.63, 3.8) is 0 Å². The smallest absolute Gasteiger partial charge is 0.317 e. The fourth-order valence-electron chi connectivity index (χ4n) is 4.22. The van der Waals surface area contributed by atoms with Gasteiger partial charge >= 0.3 is 5.97 Å². The van der Waals surface area contributed by atoms with Crippen molar-refractivity contribution in [2.45, 2.75) is 61.7 Å². The van der Waals surface area contributed by atoms with Crippen molar-refractivity contribution in [2.24, 2.45) is 5.41 Å². The standard InChI is InChI=1S/C25H30Cl5NO7S2Si/c1-7-37-23(32)25(14-38-41(5,6)24(2,3)4)13-31(40(35,36)18-10-8-15(26)12-17(18)28)22(25)20-16(27)9-11-19(21(20)29)39(30,33)34/h8-12,22H,7,13-14H2,1-6H3. The zero-order valence-electron chi connectivity index (χ0n) is 23.1. The summed E-state index contributed by atoms with van der Waals surface area (Å²) in [6.45, 7) is 10.9. The molecule has 1 fully saturated rings. The third-order valence-electron chi connectivity index (χ3n) is 7.54. The molecule has 0 radical (unpaired) electrons. The minimum atomic E-state index is -4.44. The number of carbonyl (C=O) groups is 1. The van der Waals surface area contributed by atoms with Gasteiger partial charge in [-0.05, 0) is 55.4 Å². The molecule has 0 spiro atoms. The van der Waals surface area contributed by atoms with Crippen molar-refractivity contribution >= 4 is 90.4 Å². The summed E-state index contributed by atoms with van der Waals surface area (Å²) in [6.07, 6.45) is 0. The molecule has 16 heteroatoms. The normalized spacial score (nSPS) is 20.5. The first-order chi connectivity index (χ1) is 18.6. The van der Waals surface area contributed by atoms with E-state index in [9.17, 15) is 21.6 Å². The van der Waals surface area contributed by atoms with Gasteiger partial charge in [-0.25, -0.2) is 16.8 Å². The van der Waals surface area contributed by atoms with Crippen molar-refractivity contribution in [1.29, 1.82) is 0 Å². The summed E-state index contributed by atoms with van der Waals surface area (Å²) < 4.78 is 65.7. The number of sulfonamides is 1. The number of esters is 1. The Bertz CT molecular complexity index is 1580. The number of carbonyl (C=O) groups excluding carboxylic acids is 1. The molecule has 0 saturated carbocycles. The Morgan fingerprint density at radius 3 is 2.12 bits per heavy atom. The van der Waals surface area contributed by atoms with Crippen LogP contribution in [0, 0.1) is 5.41 Å². The van der Waals surface area contributed by atoms with E-state index in [1.807, 2.05) is 33.9 Å². The second kappa shape index (κ2) is 12.1. The molecule has 1 heterocycles. The van der Waals surface area contributed by atoms with E-state index in [0.29, 0.717) is 0 Å². The maximum Gasteiger partial charge on any atom is 0.317 e. The van der Waals surface area contributed by atoms with Crippen LogP contribution in [0.5, 0.6) is 0 Å². The summed E-state index contributed by atoms with van der Waals surface area (Å²) in [7, 11) is -5.70. The van der Waals surface area contributed by atoms with E-state index in [0.717, 1.165) is 10.4 Å². The maximum atomic E-state index is 14.0. The average molecular weight is 726 g/mol. The van der Waals surface area contributed by atoms with Crippen molar-refractivity contribution in [3.05, 3.63) is 56.0 Å². The monoisotopic (exact) mass is 723 g/mol. The Kier molecular flexibility index (Phi) is 10.3. The second-order valence-corrected chi connectivity index (χ2v) is 22.0. The van der Waals surface area contributed by atoms with Gasteiger partial charge in [-0.3, -0.25) is 4.79 Å². The van der Waals surface area contributed by atoms with E-state index < -0.39 is 61.3 Å². The molecule has 0 aromatic heterocycles. The minimum absolute atomic E-state index is 0.0132. The fourth-order valence-corrected chi connectivity index (χ4v) is 9.70. The molecule has 1 aliphatic rings. The first-order valence-corrected chi connectivity index (χ1v) is 20.5. The average Bonchev–Trinajstić information content (AvgIpc) is 2.79. The molecule has 0 aliphatic carbocycles. The molecule has 2 unspecified atom stereocenters. The zero-order valence-corrected chi connectivity index (χ0v) is 29.5. The van der Waals surface area contributed by atoms with Crippen LogP contribution < -0.4 is 0 Å². The lowest BCUT2D eigenvalue weighted by Crippen LogP contribution is -2.67. The van der Waals surface area contributed by atoms with Gasteiger partial charge in [-0.1, -0.05) is 67.2 Å². The lowest BCUT2D eigenvalue weighted by atomic mass is 9.70. The van der Waals surface area contributed by atoms with Crippen molar-refractivity contribution in [1.82, 2.24) is 4.31 Å². The first-order valence-electron chi connectivity index (χ1n) is 12.3. The van der Waals surface area contributed by atoms with Crippen LogP contribution in [0.15, 0.2) is 40.1 Å². The highest BCUT2D eigenvalue weighted by Crippen LogP contribution is 2.57. The molecule has 2 aromatic carbocycles. The summed E-state index contributed by atoms with van der Waals surface area (Å²) in [6, 6.07) is 4.74. The van der Waals surface area contributed by atoms with Crippen molar-refractivity contribution < 1.29 is 30.8 Å². The van der Waals surface area contributed by atoms with E-state index in [2.05, 4.69) is 0 Å². The predicted molar refractivity (Wildman–Crippen MR) is 165 cm³/mol. The molecule has 3 rings (SSSR count). The van der Waals surface area contributed by atoms with Crippen LogP contribution in [0.4, 0.5) is 0 Å². The third-order valence-corrected chi connectivity index (χ3v) is 16.8. The van der Waals surface area contributed by atoms with Crippen LogP contribution >= 0.6 is 57.1 Å². The highest BCUT2D eigenvalue weighted by molar-refractivity contribution is 8.13. The number of hydrogen-bond acceptors (Lipinski definition) is 7. The quantitative estimate of drug-likeness (QED) is 0.149. The Hall–Kier alpha value is -0.603. The Morgan fingerprint density at radius 2 is 1.61 bits per heavy atom. The number of ether oxygens (including phenoxy) is 1. The van der Waals surface area contributed by atoms with E-state index >= 15 is 0 Å². The Labute approximate surface area is 266 Å². The summed E-state index contributed by atoms with van der Waals surface area (Å²) in [5.74, 6) is -0.761. The summed E-state index contributed by atoms with van der Waals surface area (Å²) in [5, 5.41) is -0.722. The molecule has 2 aromatic rings. The number of rotatable bonds is 9. The van der Waals surface area contributed by atoms with E-state index in [1.165, 1.54) is 24.3 Å². The highest BCUT2D eigenvalue weighted by atomic mass is 35.7. The number of hydrogen-bond donors (Lipinski definition) is 0. The van der Waals surface area contributed by atoms with Crippen LogP contribution in [0.3, 0.4) is 0 Å². The molecule has 0 bridgehead atoms. The lowest BCUT2D eigenvalue weighted by Gasteiger charge is -2.55. The SMILES string of the molecule is CCOC(=O)C1(CO[Si](C)(C)C(C)(C)C)CN(S(=O)(=O)c2ccc(Cl)cc2Cl)C1c1c(Cl)ccc(S(=O)(=O)Cl)c1Cl.